The zero-order chi connectivity index (χ0) is 27.3. The number of nitrogens with zero attached hydrogens (tertiary/aromatic N) is 1. The molecule has 0 N–H and O–H groups in total. The van der Waals surface area contributed by atoms with E-state index in [0.29, 0.717) is 0 Å². The van der Waals surface area contributed by atoms with Gasteiger partial charge in [-0.05, 0) is 56.6 Å². The van der Waals surface area contributed by atoms with E-state index < -0.39 is 5.41 Å². The van der Waals surface area contributed by atoms with Crippen molar-refractivity contribution in [1.29, 1.82) is 0 Å². The summed E-state index contributed by atoms with van der Waals surface area (Å²) >= 11 is 0. The highest BCUT2D eigenvalue weighted by molar-refractivity contribution is 6.12. The molecule has 0 fully saturated rings. The lowest BCUT2D eigenvalue weighted by Gasteiger charge is -2.50. The Hall–Kier alpha value is -4.88. The second-order valence-electron chi connectivity index (χ2n) is 12.1. The number of hydrogen-bond donors (Lipinski definition) is 0. The standard InChI is InChI=1S/C40H29N/c1-39(2)30-19-7-8-20-31(30)40(33-22-12-17-27(37(33)39)26-14-4-3-5-15-26)32-21-9-11-25-36(32)41-35-24-10-6-16-28(35)29-18-13-23-34(40)38(29)41/h3-25H,1-2H3. The van der Waals surface area contributed by atoms with Crippen LogP contribution in [0.4, 0.5) is 0 Å². The lowest BCUT2D eigenvalue weighted by Crippen LogP contribution is -2.44. The van der Waals surface area contributed by atoms with Gasteiger partial charge in [0.2, 0.25) is 0 Å². The third-order valence-electron chi connectivity index (χ3n) is 9.83. The van der Waals surface area contributed by atoms with Gasteiger partial charge in [0.1, 0.15) is 0 Å². The summed E-state index contributed by atoms with van der Waals surface area (Å²) in [6.45, 7) is 4.83. The average molecular weight is 524 g/mol. The van der Waals surface area contributed by atoms with Gasteiger partial charge in [-0.1, -0.05) is 141 Å². The summed E-state index contributed by atoms with van der Waals surface area (Å²) in [5.41, 5.74) is 14.1. The third kappa shape index (κ3) is 2.67. The SMILES string of the molecule is CC1(C)c2ccccc2C2(c3ccccc3-n3c4ccccc4c4cccc2c43)c2cccc(-c3ccccc3)c21. The predicted octanol–water partition coefficient (Wildman–Crippen LogP) is 9.79. The number of hydrogen-bond acceptors (Lipinski definition) is 0. The van der Waals surface area contributed by atoms with Crippen molar-refractivity contribution in [3.05, 3.63) is 173 Å². The molecule has 1 aromatic heterocycles. The van der Waals surface area contributed by atoms with Crippen LogP contribution < -0.4 is 0 Å². The first-order valence-corrected chi connectivity index (χ1v) is 14.6. The molecule has 2 heterocycles. The zero-order valence-electron chi connectivity index (χ0n) is 23.2. The van der Waals surface area contributed by atoms with Gasteiger partial charge in [0.05, 0.1) is 22.1 Å². The number of benzene rings is 6. The van der Waals surface area contributed by atoms with Crippen molar-refractivity contribution in [3.8, 4) is 16.8 Å². The normalized spacial score (nSPS) is 17.8. The van der Waals surface area contributed by atoms with E-state index in [0.717, 1.165) is 0 Å². The Morgan fingerprint density at radius 2 is 1.07 bits per heavy atom. The van der Waals surface area contributed by atoms with E-state index in [4.69, 9.17) is 0 Å². The Morgan fingerprint density at radius 3 is 1.93 bits per heavy atom. The quantitative estimate of drug-likeness (QED) is 0.202. The molecule has 7 aromatic rings. The van der Waals surface area contributed by atoms with E-state index in [1.165, 1.54) is 72.0 Å². The fourth-order valence-corrected chi connectivity index (χ4v) is 8.31. The molecule has 41 heavy (non-hydrogen) atoms. The van der Waals surface area contributed by atoms with Crippen molar-refractivity contribution in [2.45, 2.75) is 24.7 Å². The molecule has 2 aliphatic rings. The van der Waals surface area contributed by atoms with Gasteiger partial charge >= 0.3 is 0 Å². The number of aromatic nitrogens is 1. The maximum Gasteiger partial charge on any atom is 0.0748 e. The highest BCUT2D eigenvalue weighted by atomic mass is 15.0. The average Bonchev–Trinajstić information content (AvgIpc) is 3.37. The van der Waals surface area contributed by atoms with Gasteiger partial charge in [0.25, 0.3) is 0 Å². The van der Waals surface area contributed by atoms with Crippen LogP contribution in [0.2, 0.25) is 0 Å². The Labute approximate surface area is 240 Å². The predicted molar refractivity (Wildman–Crippen MR) is 170 cm³/mol. The van der Waals surface area contributed by atoms with Crippen LogP contribution in [-0.4, -0.2) is 4.57 Å². The fourth-order valence-electron chi connectivity index (χ4n) is 8.31. The van der Waals surface area contributed by atoms with Crippen LogP contribution in [0.15, 0.2) is 140 Å². The summed E-state index contributed by atoms with van der Waals surface area (Å²) in [7, 11) is 0. The number of rotatable bonds is 1. The van der Waals surface area contributed by atoms with E-state index in [1.54, 1.807) is 0 Å². The van der Waals surface area contributed by atoms with Crippen LogP contribution in [0.3, 0.4) is 0 Å². The lowest BCUT2D eigenvalue weighted by atomic mass is 9.52. The Morgan fingerprint density at radius 1 is 0.463 bits per heavy atom. The van der Waals surface area contributed by atoms with Crippen molar-refractivity contribution in [2.75, 3.05) is 0 Å². The van der Waals surface area contributed by atoms with Crippen LogP contribution >= 0.6 is 0 Å². The largest absolute Gasteiger partial charge is 0.309 e. The van der Waals surface area contributed by atoms with E-state index >= 15 is 0 Å². The molecule has 1 heteroatoms. The van der Waals surface area contributed by atoms with Crippen LogP contribution in [-0.2, 0) is 10.8 Å². The molecule has 1 spiro atoms. The van der Waals surface area contributed by atoms with Crippen LogP contribution in [0.25, 0.3) is 38.6 Å². The second-order valence-corrected chi connectivity index (χ2v) is 12.1. The van der Waals surface area contributed by atoms with Crippen molar-refractivity contribution >= 4 is 21.8 Å². The van der Waals surface area contributed by atoms with Gasteiger partial charge in [-0.3, -0.25) is 0 Å². The van der Waals surface area contributed by atoms with E-state index in [-0.39, 0.29) is 5.41 Å². The van der Waals surface area contributed by atoms with E-state index in [1.807, 2.05) is 0 Å². The lowest BCUT2D eigenvalue weighted by molar-refractivity contribution is 0.558. The molecule has 0 saturated carbocycles. The van der Waals surface area contributed by atoms with Gasteiger partial charge in [0, 0.05) is 16.2 Å². The van der Waals surface area contributed by atoms with E-state index in [9.17, 15) is 0 Å². The van der Waals surface area contributed by atoms with Crippen molar-refractivity contribution < 1.29 is 0 Å². The molecule has 9 rings (SSSR count). The number of fused-ring (bicyclic) bond motifs is 11. The second kappa shape index (κ2) is 7.86. The molecule has 0 amide bonds. The summed E-state index contributed by atoms with van der Waals surface area (Å²) < 4.78 is 2.52. The molecule has 0 saturated heterocycles. The van der Waals surface area contributed by atoms with Gasteiger partial charge in [-0.15, -0.1) is 0 Å². The van der Waals surface area contributed by atoms with Crippen molar-refractivity contribution in [2.24, 2.45) is 0 Å². The highest BCUT2D eigenvalue weighted by Gasteiger charge is 2.53. The minimum atomic E-state index is -0.452. The molecule has 1 aliphatic heterocycles. The molecule has 0 bridgehead atoms. The molecule has 194 valence electrons. The summed E-state index contributed by atoms with van der Waals surface area (Å²) in [5.74, 6) is 0. The zero-order valence-corrected chi connectivity index (χ0v) is 23.2. The maximum atomic E-state index is 2.52. The van der Waals surface area contributed by atoms with Gasteiger partial charge in [0.15, 0.2) is 0 Å². The van der Waals surface area contributed by atoms with Crippen LogP contribution in [0, 0.1) is 0 Å². The molecule has 1 nitrogen and oxygen atoms in total. The molecule has 1 aliphatic carbocycles. The monoisotopic (exact) mass is 523 g/mol. The summed E-state index contributed by atoms with van der Waals surface area (Å²) in [6.07, 6.45) is 0. The van der Waals surface area contributed by atoms with Crippen LogP contribution in [0.1, 0.15) is 47.2 Å². The van der Waals surface area contributed by atoms with Gasteiger partial charge < -0.3 is 4.57 Å². The summed E-state index contributed by atoms with van der Waals surface area (Å²) in [5, 5.41) is 2.62. The Bertz CT molecular complexity index is 2180. The van der Waals surface area contributed by atoms with Gasteiger partial charge in [-0.25, -0.2) is 0 Å². The van der Waals surface area contributed by atoms with Gasteiger partial charge in [-0.2, -0.15) is 0 Å². The first kappa shape index (κ1) is 22.9. The Kier molecular flexibility index (Phi) is 4.39. The summed E-state index contributed by atoms with van der Waals surface area (Å²) in [6, 6.07) is 52.1. The van der Waals surface area contributed by atoms with Crippen molar-refractivity contribution in [3.63, 3.8) is 0 Å². The first-order valence-electron chi connectivity index (χ1n) is 14.6. The topological polar surface area (TPSA) is 4.93 Å². The minimum Gasteiger partial charge on any atom is -0.309 e. The molecular formula is C40H29N. The smallest absolute Gasteiger partial charge is 0.0748 e. The Balaban J connectivity index is 1.56. The molecule has 0 radical (unpaired) electrons. The first-order chi connectivity index (χ1) is 20.1. The fraction of sp³-hybridized carbons (Fsp3) is 0.100. The third-order valence-corrected chi connectivity index (χ3v) is 9.83. The number of para-hydroxylation sites is 3. The molecule has 1 atom stereocenters. The molecule has 6 aromatic carbocycles. The molecule has 1 unspecified atom stereocenters. The minimum absolute atomic E-state index is 0.184. The van der Waals surface area contributed by atoms with Crippen LogP contribution in [0.5, 0.6) is 0 Å². The molecular weight excluding hydrogens is 494 g/mol. The van der Waals surface area contributed by atoms with E-state index in [2.05, 4.69) is 158 Å². The van der Waals surface area contributed by atoms with Crippen molar-refractivity contribution in [1.82, 2.24) is 4.57 Å². The maximum absolute atomic E-state index is 2.52. The highest BCUT2D eigenvalue weighted by Crippen LogP contribution is 2.61. The summed E-state index contributed by atoms with van der Waals surface area (Å²) in [4.78, 5) is 0.